The van der Waals surface area contributed by atoms with Gasteiger partial charge in [-0.1, -0.05) is 0 Å². The highest BCUT2D eigenvalue weighted by atomic mass is 16.5. The first-order chi connectivity index (χ1) is 7.24. The van der Waals surface area contributed by atoms with E-state index in [1.165, 1.54) is 7.11 Å². The van der Waals surface area contributed by atoms with Gasteiger partial charge in [-0.15, -0.1) is 0 Å². The van der Waals surface area contributed by atoms with E-state index in [0.29, 0.717) is 35.5 Å². The van der Waals surface area contributed by atoms with Crippen molar-refractivity contribution in [3.63, 3.8) is 0 Å². The lowest BCUT2D eigenvalue weighted by molar-refractivity contribution is -0.148. The Balaban J connectivity index is 1.69. The number of hydrogen-bond acceptors (Lipinski definition) is 3. The van der Waals surface area contributed by atoms with Crippen molar-refractivity contribution in [2.24, 2.45) is 46.8 Å². The summed E-state index contributed by atoms with van der Waals surface area (Å²) in [5.74, 6) is 4.32. The molecule has 0 radical (unpaired) electrons. The molecule has 0 spiro atoms. The Morgan fingerprint density at radius 1 is 1.27 bits per heavy atom. The van der Waals surface area contributed by atoms with E-state index >= 15 is 0 Å². The molecule has 6 aliphatic rings. The van der Waals surface area contributed by atoms with Gasteiger partial charge in [-0.2, -0.15) is 0 Å². The van der Waals surface area contributed by atoms with Crippen LogP contribution in [-0.4, -0.2) is 24.3 Å². The van der Waals surface area contributed by atoms with Crippen LogP contribution in [0.25, 0.3) is 0 Å². The van der Waals surface area contributed by atoms with Gasteiger partial charge in [0.05, 0.1) is 18.6 Å². The van der Waals surface area contributed by atoms with Gasteiger partial charge >= 0.3 is 5.97 Å². The number of methoxy groups -OCH3 is 1. The summed E-state index contributed by atoms with van der Waals surface area (Å²) in [7, 11) is 1.51. The molecular formula is C12H14O3. The Labute approximate surface area is 87.8 Å². The van der Waals surface area contributed by atoms with Gasteiger partial charge in [-0.25, -0.2) is 0 Å². The average Bonchev–Trinajstić information content (AvgIpc) is 3.06. The molecule has 0 unspecified atom stereocenters. The van der Waals surface area contributed by atoms with Crippen LogP contribution in [0.3, 0.4) is 0 Å². The van der Waals surface area contributed by atoms with Crippen LogP contribution in [0.4, 0.5) is 0 Å². The van der Waals surface area contributed by atoms with Crippen LogP contribution in [0.1, 0.15) is 6.42 Å². The number of carbonyl (C=O) groups excluding carboxylic acids is 1. The number of ether oxygens (including phenoxy) is 1. The second-order valence-corrected chi connectivity index (χ2v) is 6.20. The molecule has 0 amide bonds. The first-order valence-corrected chi connectivity index (χ1v) is 6.01. The van der Waals surface area contributed by atoms with Crippen molar-refractivity contribution in [1.82, 2.24) is 0 Å². The molecule has 6 aliphatic carbocycles. The summed E-state index contributed by atoms with van der Waals surface area (Å²) in [4.78, 5) is 12.0. The van der Waals surface area contributed by atoms with Gasteiger partial charge in [-0.3, -0.25) is 4.79 Å². The molecule has 1 N–H and O–H groups in total. The third kappa shape index (κ3) is 0.465. The fraction of sp³-hybridized carbons (Fsp3) is 0.917. The zero-order valence-corrected chi connectivity index (χ0v) is 8.59. The van der Waals surface area contributed by atoms with Crippen LogP contribution in [0, 0.1) is 46.8 Å². The predicted molar refractivity (Wildman–Crippen MR) is 49.5 cm³/mol. The standard InChI is InChI=1S/C12H14O3/c1-15-11(14)12-8-3-2-4(13)6(10(8)12)7-5(3)9(7)12/h3-10,13H,2H2,1H3/t3-,4-,5+,6+,7+,8-,9-,10+,12-/m0/s1. The summed E-state index contributed by atoms with van der Waals surface area (Å²) < 4.78 is 5.01. The molecule has 3 heteroatoms. The second kappa shape index (κ2) is 1.75. The Morgan fingerprint density at radius 3 is 2.67 bits per heavy atom. The number of hydrogen-bond donors (Lipinski definition) is 1. The molecule has 15 heavy (non-hydrogen) atoms. The van der Waals surface area contributed by atoms with E-state index in [1.54, 1.807) is 0 Å². The van der Waals surface area contributed by atoms with Gasteiger partial charge in [0, 0.05) is 0 Å². The van der Waals surface area contributed by atoms with E-state index in [9.17, 15) is 9.90 Å². The second-order valence-electron chi connectivity index (χ2n) is 6.20. The van der Waals surface area contributed by atoms with Crippen molar-refractivity contribution >= 4 is 5.97 Å². The molecule has 0 aromatic carbocycles. The lowest BCUT2D eigenvalue weighted by atomic mass is 9.69. The van der Waals surface area contributed by atoms with Gasteiger partial charge in [0.25, 0.3) is 0 Å². The number of aliphatic hydroxyl groups is 1. The fourth-order valence-electron chi connectivity index (χ4n) is 6.43. The number of rotatable bonds is 1. The zero-order chi connectivity index (χ0) is 10.1. The highest BCUT2D eigenvalue weighted by Crippen LogP contribution is 2.97. The molecule has 0 aromatic heterocycles. The monoisotopic (exact) mass is 206 g/mol. The van der Waals surface area contributed by atoms with Crippen molar-refractivity contribution in [3.8, 4) is 0 Å². The molecule has 2 bridgehead atoms. The summed E-state index contributed by atoms with van der Waals surface area (Å²) in [5.41, 5.74) is -0.100. The summed E-state index contributed by atoms with van der Waals surface area (Å²) in [5, 5.41) is 10.0. The first-order valence-electron chi connectivity index (χ1n) is 6.01. The lowest BCUT2D eigenvalue weighted by Gasteiger charge is -2.38. The van der Waals surface area contributed by atoms with E-state index in [-0.39, 0.29) is 17.5 Å². The largest absolute Gasteiger partial charge is 0.469 e. The molecule has 6 fully saturated rings. The highest BCUT2D eigenvalue weighted by molar-refractivity contribution is 5.86. The quantitative estimate of drug-likeness (QED) is 0.627. The maximum Gasteiger partial charge on any atom is 0.312 e. The molecule has 0 saturated heterocycles. The van der Waals surface area contributed by atoms with E-state index < -0.39 is 0 Å². The van der Waals surface area contributed by atoms with Gasteiger partial charge < -0.3 is 9.84 Å². The van der Waals surface area contributed by atoms with Crippen LogP contribution in [0.2, 0.25) is 0 Å². The Bertz CT molecular complexity index is 402. The molecule has 9 atom stereocenters. The van der Waals surface area contributed by atoms with Crippen LogP contribution in [0.15, 0.2) is 0 Å². The molecule has 0 aliphatic heterocycles. The Kier molecular flexibility index (Phi) is 0.894. The molecule has 80 valence electrons. The maximum atomic E-state index is 12.0. The van der Waals surface area contributed by atoms with Crippen LogP contribution >= 0.6 is 0 Å². The minimum Gasteiger partial charge on any atom is -0.469 e. The molecule has 6 saturated carbocycles. The molecule has 3 nitrogen and oxygen atoms in total. The maximum absolute atomic E-state index is 12.0. The SMILES string of the molecule is COC(=O)[C@@]12[C@@H]3[C@@H]4[C@H]3[C@@H]3C[C@H](O)[C@H]4[C@@H]1[C@H]32. The van der Waals surface area contributed by atoms with Gasteiger partial charge in [0.1, 0.15) is 0 Å². The van der Waals surface area contributed by atoms with E-state index in [2.05, 4.69) is 0 Å². The van der Waals surface area contributed by atoms with Crippen molar-refractivity contribution in [1.29, 1.82) is 0 Å². The molecular weight excluding hydrogens is 192 g/mol. The molecule has 6 rings (SSSR count). The van der Waals surface area contributed by atoms with Crippen molar-refractivity contribution < 1.29 is 14.6 Å². The average molecular weight is 206 g/mol. The van der Waals surface area contributed by atoms with Crippen molar-refractivity contribution in [2.75, 3.05) is 7.11 Å². The molecule has 0 heterocycles. The van der Waals surface area contributed by atoms with Gasteiger partial charge in [0.2, 0.25) is 0 Å². The summed E-state index contributed by atoms with van der Waals surface area (Å²) in [6.45, 7) is 0. The Morgan fingerprint density at radius 2 is 2.07 bits per heavy atom. The zero-order valence-electron chi connectivity index (χ0n) is 8.59. The normalized spacial score (nSPS) is 74.3. The van der Waals surface area contributed by atoms with Crippen LogP contribution in [-0.2, 0) is 9.53 Å². The number of aliphatic hydroxyl groups excluding tert-OH is 1. The van der Waals surface area contributed by atoms with Crippen LogP contribution < -0.4 is 0 Å². The predicted octanol–water partition coefficient (Wildman–Crippen LogP) is 0.278. The van der Waals surface area contributed by atoms with Gasteiger partial charge in [0.15, 0.2) is 0 Å². The third-order valence-corrected chi connectivity index (χ3v) is 6.38. The topological polar surface area (TPSA) is 46.5 Å². The summed E-state index contributed by atoms with van der Waals surface area (Å²) in [6, 6.07) is 0. The van der Waals surface area contributed by atoms with Crippen molar-refractivity contribution in [3.05, 3.63) is 0 Å². The first kappa shape index (κ1) is 7.66. The van der Waals surface area contributed by atoms with E-state index in [0.717, 1.165) is 12.3 Å². The minimum atomic E-state index is -0.114. The lowest BCUT2D eigenvalue weighted by Crippen LogP contribution is -2.39. The number of carbonyl (C=O) groups is 1. The number of fused-ring (bicyclic) bond motifs is 1. The summed E-state index contributed by atoms with van der Waals surface area (Å²) in [6.07, 6.45) is 0.846. The molecule has 0 aromatic rings. The Hall–Kier alpha value is -0.570. The van der Waals surface area contributed by atoms with Crippen molar-refractivity contribution in [2.45, 2.75) is 12.5 Å². The summed E-state index contributed by atoms with van der Waals surface area (Å²) >= 11 is 0. The van der Waals surface area contributed by atoms with E-state index in [4.69, 9.17) is 4.74 Å². The third-order valence-electron chi connectivity index (χ3n) is 6.38. The smallest absolute Gasteiger partial charge is 0.312 e. The van der Waals surface area contributed by atoms with Crippen LogP contribution in [0.5, 0.6) is 0 Å². The van der Waals surface area contributed by atoms with Gasteiger partial charge in [-0.05, 0) is 47.8 Å². The highest BCUT2D eigenvalue weighted by Gasteiger charge is 2.99. The van der Waals surface area contributed by atoms with E-state index in [1.807, 2.05) is 0 Å². The fourth-order valence-corrected chi connectivity index (χ4v) is 6.43. The minimum absolute atomic E-state index is 0.0362. The number of esters is 1.